The molecule has 2 aromatic rings. The highest BCUT2D eigenvalue weighted by Gasteiger charge is 2.04. The van der Waals surface area contributed by atoms with Gasteiger partial charge in [0.1, 0.15) is 11.3 Å². The Morgan fingerprint density at radius 1 is 1.36 bits per heavy atom. The molecule has 72 valence electrons. The molecule has 0 radical (unpaired) electrons. The fraction of sp³-hybridized carbons (Fsp3) is 0.100. The maximum Gasteiger partial charge on any atom is 0.149 e. The Labute approximate surface area is 85.0 Å². The summed E-state index contributed by atoms with van der Waals surface area (Å²) >= 11 is 5.72. The number of fused-ring (bicyclic) bond motifs is 1. The predicted molar refractivity (Wildman–Crippen MR) is 52.6 cm³/mol. The summed E-state index contributed by atoms with van der Waals surface area (Å²) in [6.07, 6.45) is 1.39. The van der Waals surface area contributed by atoms with Gasteiger partial charge in [0.2, 0.25) is 0 Å². The van der Waals surface area contributed by atoms with E-state index in [-0.39, 0.29) is 12.1 Å². The zero-order valence-electron chi connectivity index (χ0n) is 7.17. The van der Waals surface area contributed by atoms with E-state index < -0.39 is 5.82 Å². The third kappa shape index (κ3) is 1.56. The van der Waals surface area contributed by atoms with Gasteiger partial charge in [-0.2, -0.15) is 0 Å². The minimum atomic E-state index is -0.441. The molecule has 0 bridgehead atoms. The quantitative estimate of drug-likeness (QED) is 0.786. The van der Waals surface area contributed by atoms with Crippen molar-refractivity contribution in [2.45, 2.75) is 6.61 Å². The van der Waals surface area contributed by atoms with Gasteiger partial charge in [0.15, 0.2) is 0 Å². The van der Waals surface area contributed by atoms with Crippen molar-refractivity contribution in [2.75, 3.05) is 0 Å². The van der Waals surface area contributed by atoms with Crippen LogP contribution in [0.25, 0.3) is 10.9 Å². The highest BCUT2D eigenvalue weighted by atomic mass is 35.5. The number of benzene rings is 1. The molecule has 14 heavy (non-hydrogen) atoms. The van der Waals surface area contributed by atoms with Crippen LogP contribution in [0.15, 0.2) is 24.4 Å². The Hall–Kier alpha value is -1.19. The number of hydrogen-bond acceptors (Lipinski definition) is 2. The number of aliphatic hydroxyl groups is 1. The normalized spacial score (nSPS) is 10.8. The van der Waals surface area contributed by atoms with Crippen LogP contribution in [0.5, 0.6) is 0 Å². The van der Waals surface area contributed by atoms with E-state index in [2.05, 4.69) is 4.98 Å². The topological polar surface area (TPSA) is 33.1 Å². The van der Waals surface area contributed by atoms with Crippen LogP contribution < -0.4 is 0 Å². The highest BCUT2D eigenvalue weighted by molar-refractivity contribution is 6.31. The van der Waals surface area contributed by atoms with Crippen LogP contribution in [-0.4, -0.2) is 10.1 Å². The van der Waals surface area contributed by atoms with Crippen molar-refractivity contribution < 1.29 is 9.50 Å². The molecule has 1 heterocycles. The molecule has 0 spiro atoms. The van der Waals surface area contributed by atoms with Crippen molar-refractivity contribution in [3.8, 4) is 0 Å². The Morgan fingerprint density at radius 3 is 2.86 bits per heavy atom. The second kappa shape index (κ2) is 3.52. The number of nitrogens with zero attached hydrogens (tertiary/aromatic N) is 1. The zero-order chi connectivity index (χ0) is 10.1. The van der Waals surface area contributed by atoms with Gasteiger partial charge < -0.3 is 5.11 Å². The van der Waals surface area contributed by atoms with Gasteiger partial charge in [-0.1, -0.05) is 11.6 Å². The highest BCUT2D eigenvalue weighted by Crippen LogP contribution is 2.21. The van der Waals surface area contributed by atoms with Crippen molar-refractivity contribution in [2.24, 2.45) is 0 Å². The van der Waals surface area contributed by atoms with E-state index in [0.717, 1.165) is 0 Å². The number of aliphatic hydroxyl groups excluding tert-OH is 1. The van der Waals surface area contributed by atoms with Crippen LogP contribution >= 0.6 is 11.6 Å². The number of aromatic nitrogens is 1. The minimum absolute atomic E-state index is 0.195. The maximum absolute atomic E-state index is 13.3. The summed E-state index contributed by atoms with van der Waals surface area (Å²) in [6, 6.07) is 4.55. The van der Waals surface area contributed by atoms with Gasteiger partial charge in [0, 0.05) is 11.6 Å². The monoisotopic (exact) mass is 211 g/mol. The summed E-state index contributed by atoms with van der Waals surface area (Å²) < 4.78 is 13.3. The molecule has 0 aliphatic rings. The molecule has 0 saturated heterocycles. The van der Waals surface area contributed by atoms with E-state index in [4.69, 9.17) is 16.7 Å². The van der Waals surface area contributed by atoms with Crippen molar-refractivity contribution in [1.82, 2.24) is 4.98 Å². The summed E-state index contributed by atoms with van der Waals surface area (Å²) in [5, 5.41) is 9.92. The second-order valence-corrected chi connectivity index (χ2v) is 3.40. The van der Waals surface area contributed by atoms with Crippen LogP contribution in [0, 0.1) is 5.82 Å². The third-order valence-electron chi connectivity index (χ3n) is 1.95. The molecular weight excluding hydrogens is 205 g/mol. The molecule has 0 aliphatic carbocycles. The van der Waals surface area contributed by atoms with E-state index in [1.807, 2.05) is 0 Å². The number of hydrogen-bond donors (Lipinski definition) is 1. The lowest BCUT2D eigenvalue weighted by molar-refractivity contribution is 0.281. The SMILES string of the molecule is OCc1cc(F)c2ncc(Cl)cc2c1. The summed E-state index contributed by atoms with van der Waals surface area (Å²) in [5.74, 6) is -0.441. The van der Waals surface area contributed by atoms with E-state index in [9.17, 15) is 4.39 Å². The minimum Gasteiger partial charge on any atom is -0.392 e. The fourth-order valence-corrected chi connectivity index (χ4v) is 1.49. The molecule has 2 nitrogen and oxygen atoms in total. The van der Waals surface area contributed by atoms with Gasteiger partial charge in [-0.15, -0.1) is 0 Å². The van der Waals surface area contributed by atoms with Gasteiger partial charge in [0.05, 0.1) is 11.6 Å². The van der Waals surface area contributed by atoms with Gasteiger partial charge in [-0.25, -0.2) is 4.39 Å². The fourth-order valence-electron chi connectivity index (χ4n) is 1.33. The summed E-state index contributed by atoms with van der Waals surface area (Å²) in [5.41, 5.74) is 0.783. The summed E-state index contributed by atoms with van der Waals surface area (Å²) in [7, 11) is 0. The van der Waals surface area contributed by atoms with Crippen molar-refractivity contribution in [3.05, 3.63) is 40.8 Å². The van der Waals surface area contributed by atoms with E-state index in [0.29, 0.717) is 16.0 Å². The van der Waals surface area contributed by atoms with Crippen LogP contribution in [0.3, 0.4) is 0 Å². The summed E-state index contributed by atoms with van der Waals surface area (Å²) in [4.78, 5) is 3.87. The van der Waals surface area contributed by atoms with Crippen LogP contribution in [0.1, 0.15) is 5.56 Å². The molecule has 0 amide bonds. The average Bonchev–Trinajstić information content (AvgIpc) is 2.16. The van der Waals surface area contributed by atoms with Gasteiger partial charge in [-0.05, 0) is 23.8 Å². The smallest absolute Gasteiger partial charge is 0.149 e. The Bertz CT molecular complexity index is 487. The van der Waals surface area contributed by atoms with E-state index in [1.165, 1.54) is 12.3 Å². The molecular formula is C10H7ClFNO. The Balaban J connectivity index is 2.77. The van der Waals surface area contributed by atoms with E-state index in [1.54, 1.807) is 12.1 Å². The number of pyridine rings is 1. The molecule has 0 aliphatic heterocycles. The van der Waals surface area contributed by atoms with E-state index >= 15 is 0 Å². The van der Waals surface area contributed by atoms with Crippen molar-refractivity contribution >= 4 is 22.5 Å². The molecule has 1 N–H and O–H groups in total. The number of rotatable bonds is 1. The lowest BCUT2D eigenvalue weighted by Gasteiger charge is -2.02. The predicted octanol–water partition coefficient (Wildman–Crippen LogP) is 2.52. The first kappa shape index (κ1) is 9.37. The Morgan fingerprint density at radius 2 is 2.14 bits per heavy atom. The van der Waals surface area contributed by atoms with Crippen molar-refractivity contribution in [3.63, 3.8) is 0 Å². The van der Waals surface area contributed by atoms with Crippen LogP contribution in [0.2, 0.25) is 5.02 Å². The molecule has 4 heteroatoms. The zero-order valence-corrected chi connectivity index (χ0v) is 7.92. The molecule has 0 saturated carbocycles. The molecule has 0 unspecified atom stereocenters. The van der Waals surface area contributed by atoms with Gasteiger partial charge in [0.25, 0.3) is 0 Å². The average molecular weight is 212 g/mol. The lowest BCUT2D eigenvalue weighted by Crippen LogP contribution is -1.89. The third-order valence-corrected chi connectivity index (χ3v) is 2.15. The van der Waals surface area contributed by atoms with Crippen LogP contribution in [-0.2, 0) is 6.61 Å². The Kier molecular flexibility index (Phi) is 2.35. The molecule has 0 fully saturated rings. The number of halogens is 2. The standard InChI is InChI=1S/C10H7ClFNO/c11-8-3-7-1-6(5-14)2-9(12)10(7)13-4-8/h1-4,14H,5H2. The lowest BCUT2D eigenvalue weighted by atomic mass is 10.1. The molecule has 0 atom stereocenters. The largest absolute Gasteiger partial charge is 0.392 e. The van der Waals surface area contributed by atoms with Crippen molar-refractivity contribution in [1.29, 1.82) is 0 Å². The molecule has 2 rings (SSSR count). The van der Waals surface area contributed by atoms with Gasteiger partial charge >= 0.3 is 0 Å². The molecule has 1 aromatic carbocycles. The first-order chi connectivity index (χ1) is 6.70. The first-order valence-electron chi connectivity index (χ1n) is 4.05. The second-order valence-electron chi connectivity index (χ2n) is 2.96. The molecule has 1 aromatic heterocycles. The van der Waals surface area contributed by atoms with Crippen LogP contribution in [0.4, 0.5) is 4.39 Å². The first-order valence-corrected chi connectivity index (χ1v) is 4.43. The summed E-state index contributed by atoms with van der Waals surface area (Å²) in [6.45, 7) is -0.195. The maximum atomic E-state index is 13.3. The van der Waals surface area contributed by atoms with Gasteiger partial charge in [-0.3, -0.25) is 4.98 Å².